The lowest BCUT2D eigenvalue weighted by molar-refractivity contribution is 0.175. The summed E-state index contributed by atoms with van der Waals surface area (Å²) >= 11 is 0. The number of nitrogens with zero attached hydrogens (tertiary/aromatic N) is 2. The minimum Gasteiger partial charge on any atom is -0.496 e. The van der Waals surface area contributed by atoms with Crippen molar-refractivity contribution < 1.29 is 9.84 Å². The highest BCUT2D eigenvalue weighted by atomic mass is 16.5. The second kappa shape index (κ2) is 6.48. The molecule has 0 radical (unpaired) electrons. The molecule has 0 spiro atoms. The molecule has 4 heteroatoms. The monoisotopic (exact) mass is 272 g/mol. The van der Waals surface area contributed by atoms with Crippen molar-refractivity contribution in [1.29, 1.82) is 0 Å². The maximum atomic E-state index is 10.5. The predicted molar refractivity (Wildman–Crippen MR) is 77.8 cm³/mol. The molecule has 0 aliphatic carbocycles. The van der Waals surface area contributed by atoms with Crippen LogP contribution in [0.15, 0.2) is 30.3 Å². The molecule has 4 nitrogen and oxygen atoms in total. The molecule has 1 N–H and O–H groups in total. The molecule has 0 aliphatic heterocycles. The van der Waals surface area contributed by atoms with Crippen molar-refractivity contribution in [1.82, 2.24) is 10.2 Å². The Balaban J connectivity index is 2.28. The Kier molecular flexibility index (Phi) is 4.69. The number of aliphatic hydroxyl groups is 1. The topological polar surface area (TPSA) is 55.2 Å². The summed E-state index contributed by atoms with van der Waals surface area (Å²) in [6.45, 7) is 3.89. The first-order valence-electron chi connectivity index (χ1n) is 6.78. The summed E-state index contributed by atoms with van der Waals surface area (Å²) in [5.41, 5.74) is 3.50. The first kappa shape index (κ1) is 14.5. The van der Waals surface area contributed by atoms with Gasteiger partial charge in [0.1, 0.15) is 5.75 Å². The molecule has 1 aromatic heterocycles. The van der Waals surface area contributed by atoms with Crippen LogP contribution in [-0.4, -0.2) is 22.4 Å². The normalized spacial score (nSPS) is 12.2. The van der Waals surface area contributed by atoms with Crippen LogP contribution in [0, 0.1) is 6.92 Å². The number of hydrogen-bond donors (Lipinski definition) is 1. The van der Waals surface area contributed by atoms with Gasteiger partial charge in [-0.2, -0.15) is 10.2 Å². The SMILES string of the molecule is CCc1nnc(C)cc1C(O)Cc1ccccc1OC. The van der Waals surface area contributed by atoms with E-state index in [1.165, 1.54) is 0 Å². The lowest BCUT2D eigenvalue weighted by Gasteiger charge is -2.16. The van der Waals surface area contributed by atoms with Crippen LogP contribution in [0.1, 0.15) is 35.5 Å². The van der Waals surface area contributed by atoms with E-state index in [4.69, 9.17) is 4.74 Å². The molecular weight excluding hydrogens is 252 g/mol. The Hall–Kier alpha value is -1.94. The molecular formula is C16H20N2O2. The summed E-state index contributed by atoms with van der Waals surface area (Å²) in [6, 6.07) is 9.64. The Morgan fingerprint density at radius 2 is 2.00 bits per heavy atom. The van der Waals surface area contributed by atoms with Crippen LogP contribution >= 0.6 is 0 Å². The lowest BCUT2D eigenvalue weighted by Crippen LogP contribution is -2.09. The van der Waals surface area contributed by atoms with Gasteiger partial charge in [-0.25, -0.2) is 0 Å². The van der Waals surface area contributed by atoms with Crippen molar-refractivity contribution in [3.05, 3.63) is 52.8 Å². The summed E-state index contributed by atoms with van der Waals surface area (Å²) in [4.78, 5) is 0. The molecule has 0 saturated carbocycles. The third-order valence-corrected chi connectivity index (χ3v) is 3.33. The molecule has 1 unspecified atom stereocenters. The highest BCUT2D eigenvalue weighted by molar-refractivity contribution is 5.35. The van der Waals surface area contributed by atoms with Gasteiger partial charge in [0.2, 0.25) is 0 Å². The smallest absolute Gasteiger partial charge is 0.122 e. The molecule has 0 fully saturated rings. The van der Waals surface area contributed by atoms with Crippen molar-refractivity contribution >= 4 is 0 Å². The van der Waals surface area contributed by atoms with E-state index in [0.717, 1.165) is 34.7 Å². The van der Waals surface area contributed by atoms with Gasteiger partial charge in [-0.3, -0.25) is 0 Å². The van der Waals surface area contributed by atoms with Crippen LogP contribution in [0.3, 0.4) is 0 Å². The summed E-state index contributed by atoms with van der Waals surface area (Å²) in [7, 11) is 1.64. The largest absolute Gasteiger partial charge is 0.496 e. The second-order valence-electron chi connectivity index (χ2n) is 4.77. The average Bonchev–Trinajstić information content (AvgIpc) is 2.47. The number of methoxy groups -OCH3 is 1. The van der Waals surface area contributed by atoms with E-state index in [-0.39, 0.29) is 0 Å². The van der Waals surface area contributed by atoms with Gasteiger partial charge in [-0.1, -0.05) is 25.1 Å². The predicted octanol–water partition coefficient (Wildman–Crippen LogP) is 2.63. The number of aliphatic hydroxyl groups excluding tert-OH is 1. The van der Waals surface area contributed by atoms with E-state index in [2.05, 4.69) is 10.2 Å². The van der Waals surface area contributed by atoms with Gasteiger partial charge in [0.25, 0.3) is 0 Å². The van der Waals surface area contributed by atoms with Gasteiger partial charge in [-0.15, -0.1) is 0 Å². The van der Waals surface area contributed by atoms with Gasteiger partial charge < -0.3 is 9.84 Å². The third kappa shape index (κ3) is 3.14. The van der Waals surface area contributed by atoms with E-state index in [1.807, 2.05) is 44.2 Å². The number of aryl methyl sites for hydroxylation is 2. The van der Waals surface area contributed by atoms with Crippen LogP contribution in [0.25, 0.3) is 0 Å². The quantitative estimate of drug-likeness (QED) is 0.909. The van der Waals surface area contributed by atoms with Crippen LogP contribution < -0.4 is 4.74 Å². The molecule has 1 heterocycles. The van der Waals surface area contributed by atoms with Crippen LogP contribution in [0.4, 0.5) is 0 Å². The summed E-state index contributed by atoms with van der Waals surface area (Å²) in [5.74, 6) is 0.795. The molecule has 0 saturated heterocycles. The van der Waals surface area contributed by atoms with E-state index in [1.54, 1.807) is 7.11 Å². The fourth-order valence-electron chi connectivity index (χ4n) is 2.29. The van der Waals surface area contributed by atoms with Gasteiger partial charge in [0.05, 0.1) is 24.6 Å². The van der Waals surface area contributed by atoms with E-state index in [0.29, 0.717) is 6.42 Å². The second-order valence-corrected chi connectivity index (χ2v) is 4.77. The number of rotatable bonds is 5. The zero-order valence-corrected chi connectivity index (χ0v) is 12.1. The number of aromatic nitrogens is 2. The minimum atomic E-state index is -0.601. The number of hydrogen-bond acceptors (Lipinski definition) is 4. The van der Waals surface area contributed by atoms with Crippen LogP contribution in [0.5, 0.6) is 5.75 Å². The maximum absolute atomic E-state index is 10.5. The Morgan fingerprint density at radius 1 is 1.25 bits per heavy atom. The summed E-state index contributed by atoms with van der Waals surface area (Å²) in [5, 5.41) is 18.7. The zero-order chi connectivity index (χ0) is 14.5. The highest BCUT2D eigenvalue weighted by Crippen LogP contribution is 2.26. The Labute approximate surface area is 119 Å². The molecule has 2 aromatic rings. The van der Waals surface area contributed by atoms with Gasteiger partial charge >= 0.3 is 0 Å². The molecule has 0 bridgehead atoms. The number of para-hydroxylation sites is 1. The molecule has 0 aliphatic rings. The molecule has 0 amide bonds. The zero-order valence-electron chi connectivity index (χ0n) is 12.1. The first-order chi connectivity index (χ1) is 9.65. The Morgan fingerprint density at radius 3 is 2.70 bits per heavy atom. The fraction of sp³-hybridized carbons (Fsp3) is 0.375. The minimum absolute atomic E-state index is 0.502. The molecule has 2 rings (SSSR count). The highest BCUT2D eigenvalue weighted by Gasteiger charge is 2.16. The first-order valence-corrected chi connectivity index (χ1v) is 6.78. The van der Waals surface area contributed by atoms with Crippen molar-refractivity contribution in [2.75, 3.05) is 7.11 Å². The van der Waals surface area contributed by atoms with Gasteiger partial charge in [-0.05, 0) is 31.0 Å². The molecule has 1 aromatic carbocycles. The number of benzene rings is 1. The third-order valence-electron chi connectivity index (χ3n) is 3.33. The summed E-state index contributed by atoms with van der Waals surface area (Å²) in [6.07, 6.45) is 0.656. The van der Waals surface area contributed by atoms with Crippen LogP contribution in [-0.2, 0) is 12.8 Å². The van der Waals surface area contributed by atoms with E-state index >= 15 is 0 Å². The standard InChI is InChI=1S/C16H20N2O2/c1-4-14-13(9-11(2)17-18-14)15(19)10-12-7-5-6-8-16(12)20-3/h5-9,15,19H,4,10H2,1-3H3. The maximum Gasteiger partial charge on any atom is 0.122 e. The van der Waals surface area contributed by atoms with Crippen molar-refractivity contribution in [3.8, 4) is 5.75 Å². The molecule has 1 atom stereocenters. The van der Waals surface area contributed by atoms with Gasteiger partial charge in [0, 0.05) is 12.0 Å². The van der Waals surface area contributed by atoms with E-state index in [9.17, 15) is 5.11 Å². The van der Waals surface area contributed by atoms with Gasteiger partial charge in [0.15, 0.2) is 0 Å². The van der Waals surface area contributed by atoms with Crippen molar-refractivity contribution in [2.24, 2.45) is 0 Å². The fourth-order valence-corrected chi connectivity index (χ4v) is 2.29. The van der Waals surface area contributed by atoms with Crippen molar-refractivity contribution in [2.45, 2.75) is 32.8 Å². The molecule has 106 valence electrons. The Bertz CT molecular complexity index is 584. The number of ether oxygens (including phenoxy) is 1. The summed E-state index contributed by atoms with van der Waals surface area (Å²) < 4.78 is 5.32. The average molecular weight is 272 g/mol. The lowest BCUT2D eigenvalue weighted by atomic mass is 9.98. The molecule has 20 heavy (non-hydrogen) atoms. The van der Waals surface area contributed by atoms with Crippen molar-refractivity contribution in [3.63, 3.8) is 0 Å². The van der Waals surface area contributed by atoms with Crippen LogP contribution in [0.2, 0.25) is 0 Å². The van der Waals surface area contributed by atoms with E-state index < -0.39 is 6.10 Å².